The number of halogens is 1. The molecule has 1 N–H and O–H groups in total. The number of fused-ring (bicyclic) bond motifs is 1. The fourth-order valence-corrected chi connectivity index (χ4v) is 3.40. The molecule has 0 fully saturated rings. The van der Waals surface area contributed by atoms with E-state index in [1.165, 1.54) is 34.3 Å². The molecule has 2 aromatic heterocycles. The van der Waals surface area contributed by atoms with Crippen molar-refractivity contribution in [2.24, 2.45) is 0 Å². The summed E-state index contributed by atoms with van der Waals surface area (Å²) in [5, 5.41) is 7.30. The summed E-state index contributed by atoms with van der Waals surface area (Å²) in [6.45, 7) is 0. The number of rotatable bonds is 4. The Morgan fingerprint density at radius 3 is 2.85 bits per heavy atom. The number of hydrogen-bond acceptors (Lipinski definition) is 5. The molecule has 0 saturated carbocycles. The molecule has 130 valence electrons. The molecule has 8 heteroatoms. The highest BCUT2D eigenvalue weighted by Gasteiger charge is 2.15. The second-order valence-corrected chi connectivity index (χ2v) is 6.41. The summed E-state index contributed by atoms with van der Waals surface area (Å²) >= 11 is 1.34. The average molecular weight is 368 g/mol. The SMILES string of the molecule is COc1cccc2sc(NC(=O)c3ccn(-c4ccccc4F)n3)nc12. The van der Waals surface area contributed by atoms with E-state index in [1.54, 1.807) is 25.3 Å². The molecule has 0 atom stereocenters. The van der Waals surface area contributed by atoms with Gasteiger partial charge in [0.15, 0.2) is 10.8 Å². The maximum absolute atomic E-state index is 13.8. The molecule has 0 saturated heterocycles. The number of carbonyl (C=O) groups is 1. The minimum absolute atomic E-state index is 0.166. The molecular weight excluding hydrogens is 355 g/mol. The van der Waals surface area contributed by atoms with Crippen LogP contribution in [0.4, 0.5) is 9.52 Å². The second kappa shape index (κ2) is 6.57. The molecule has 0 aliphatic rings. The highest BCUT2D eigenvalue weighted by Crippen LogP contribution is 2.32. The molecule has 6 nitrogen and oxygen atoms in total. The summed E-state index contributed by atoms with van der Waals surface area (Å²) in [4.78, 5) is 16.8. The van der Waals surface area contributed by atoms with Gasteiger partial charge < -0.3 is 4.74 Å². The van der Waals surface area contributed by atoms with Crippen molar-refractivity contribution in [2.75, 3.05) is 12.4 Å². The number of benzene rings is 2. The van der Waals surface area contributed by atoms with Gasteiger partial charge in [0.1, 0.15) is 22.8 Å². The van der Waals surface area contributed by atoms with Crippen molar-refractivity contribution in [1.82, 2.24) is 14.8 Å². The van der Waals surface area contributed by atoms with Crippen molar-refractivity contribution in [1.29, 1.82) is 0 Å². The van der Waals surface area contributed by atoms with E-state index >= 15 is 0 Å². The van der Waals surface area contributed by atoms with E-state index in [4.69, 9.17) is 4.74 Å². The highest BCUT2D eigenvalue weighted by molar-refractivity contribution is 7.22. The van der Waals surface area contributed by atoms with E-state index in [9.17, 15) is 9.18 Å². The predicted molar refractivity (Wildman–Crippen MR) is 97.6 cm³/mol. The van der Waals surface area contributed by atoms with Crippen LogP contribution in [0.15, 0.2) is 54.7 Å². The minimum atomic E-state index is -0.418. The third kappa shape index (κ3) is 2.91. The van der Waals surface area contributed by atoms with Crippen molar-refractivity contribution < 1.29 is 13.9 Å². The van der Waals surface area contributed by atoms with E-state index in [0.29, 0.717) is 16.4 Å². The topological polar surface area (TPSA) is 69.0 Å². The van der Waals surface area contributed by atoms with E-state index in [1.807, 2.05) is 18.2 Å². The molecule has 2 aromatic carbocycles. The number of methoxy groups -OCH3 is 1. The zero-order valence-electron chi connectivity index (χ0n) is 13.6. The minimum Gasteiger partial charge on any atom is -0.494 e. The molecule has 4 aromatic rings. The number of nitrogens with zero attached hydrogens (tertiary/aromatic N) is 3. The number of nitrogens with one attached hydrogen (secondary N) is 1. The quantitative estimate of drug-likeness (QED) is 0.593. The Morgan fingerprint density at radius 2 is 2.04 bits per heavy atom. The third-order valence-corrected chi connectivity index (χ3v) is 4.68. The van der Waals surface area contributed by atoms with E-state index in [0.717, 1.165) is 4.70 Å². The molecule has 0 bridgehead atoms. The summed E-state index contributed by atoms with van der Waals surface area (Å²) in [6, 6.07) is 13.3. The van der Waals surface area contributed by atoms with Gasteiger partial charge >= 0.3 is 0 Å². The lowest BCUT2D eigenvalue weighted by atomic mass is 10.3. The number of aromatic nitrogens is 3. The lowest BCUT2D eigenvalue weighted by Gasteiger charge is -2.02. The Morgan fingerprint density at radius 1 is 1.19 bits per heavy atom. The van der Waals surface area contributed by atoms with E-state index in [2.05, 4.69) is 15.4 Å². The summed E-state index contributed by atoms with van der Waals surface area (Å²) in [6.07, 6.45) is 1.54. The van der Waals surface area contributed by atoms with Crippen molar-refractivity contribution in [3.05, 3.63) is 66.2 Å². The summed E-state index contributed by atoms with van der Waals surface area (Å²) in [7, 11) is 1.57. The monoisotopic (exact) mass is 368 g/mol. The van der Waals surface area contributed by atoms with Gasteiger partial charge in [0.25, 0.3) is 5.91 Å². The molecular formula is C18H13FN4O2S. The van der Waals surface area contributed by atoms with Crippen molar-refractivity contribution in [3.8, 4) is 11.4 Å². The zero-order valence-corrected chi connectivity index (χ0v) is 14.5. The van der Waals surface area contributed by atoms with Crippen LogP contribution in [-0.2, 0) is 0 Å². The summed E-state index contributed by atoms with van der Waals surface area (Å²) in [5.74, 6) is -0.193. The number of carbonyl (C=O) groups excluding carboxylic acids is 1. The van der Waals surface area contributed by atoms with Gasteiger partial charge in [-0.3, -0.25) is 10.1 Å². The van der Waals surface area contributed by atoms with Crippen LogP contribution in [0.1, 0.15) is 10.5 Å². The van der Waals surface area contributed by atoms with Crippen LogP contribution >= 0.6 is 11.3 Å². The summed E-state index contributed by atoms with van der Waals surface area (Å²) < 4.78 is 21.3. The molecule has 0 spiro atoms. The van der Waals surface area contributed by atoms with Crippen molar-refractivity contribution in [2.45, 2.75) is 0 Å². The highest BCUT2D eigenvalue weighted by atomic mass is 32.1. The molecule has 0 radical (unpaired) electrons. The maximum Gasteiger partial charge on any atom is 0.277 e. The van der Waals surface area contributed by atoms with Gasteiger partial charge in [-0.2, -0.15) is 5.10 Å². The molecule has 0 unspecified atom stereocenters. The molecule has 2 heterocycles. The lowest BCUT2D eigenvalue weighted by molar-refractivity contribution is 0.102. The fourth-order valence-electron chi connectivity index (χ4n) is 2.52. The second-order valence-electron chi connectivity index (χ2n) is 5.38. The molecule has 4 rings (SSSR count). The Hall–Kier alpha value is -3.26. The van der Waals surface area contributed by atoms with Crippen LogP contribution in [0.5, 0.6) is 5.75 Å². The van der Waals surface area contributed by atoms with Gasteiger partial charge in [-0.25, -0.2) is 14.1 Å². The smallest absolute Gasteiger partial charge is 0.277 e. The fraction of sp³-hybridized carbons (Fsp3) is 0.0556. The molecule has 1 amide bonds. The van der Waals surface area contributed by atoms with Crippen LogP contribution in [0.25, 0.3) is 15.9 Å². The first-order valence-corrected chi connectivity index (χ1v) is 8.53. The first-order valence-electron chi connectivity index (χ1n) is 7.71. The number of hydrogen-bond donors (Lipinski definition) is 1. The van der Waals surface area contributed by atoms with Gasteiger partial charge in [-0.15, -0.1) is 0 Å². The van der Waals surface area contributed by atoms with Gasteiger partial charge in [0.05, 0.1) is 11.8 Å². The zero-order chi connectivity index (χ0) is 18.1. The van der Waals surface area contributed by atoms with Gasteiger partial charge in [0, 0.05) is 6.20 Å². The number of ether oxygens (including phenoxy) is 1. The van der Waals surface area contributed by atoms with Crippen molar-refractivity contribution in [3.63, 3.8) is 0 Å². The van der Waals surface area contributed by atoms with Gasteiger partial charge in [-0.05, 0) is 30.3 Å². The Bertz CT molecular complexity index is 1110. The number of amides is 1. The largest absolute Gasteiger partial charge is 0.494 e. The van der Waals surface area contributed by atoms with E-state index in [-0.39, 0.29) is 11.4 Å². The predicted octanol–water partition coefficient (Wildman–Crippen LogP) is 3.88. The van der Waals surface area contributed by atoms with E-state index < -0.39 is 11.7 Å². The molecule has 0 aliphatic carbocycles. The van der Waals surface area contributed by atoms with Crippen LogP contribution in [-0.4, -0.2) is 27.8 Å². The van der Waals surface area contributed by atoms with Crippen LogP contribution in [0.2, 0.25) is 0 Å². The summed E-state index contributed by atoms with van der Waals surface area (Å²) in [5.41, 5.74) is 1.13. The third-order valence-electron chi connectivity index (χ3n) is 3.74. The Balaban J connectivity index is 1.59. The van der Waals surface area contributed by atoms with Gasteiger partial charge in [-0.1, -0.05) is 29.5 Å². The van der Waals surface area contributed by atoms with Crippen LogP contribution < -0.4 is 10.1 Å². The molecule has 0 aliphatic heterocycles. The van der Waals surface area contributed by atoms with Gasteiger partial charge in [0.2, 0.25) is 0 Å². The average Bonchev–Trinajstić information content (AvgIpc) is 3.28. The Labute approximate surface area is 151 Å². The maximum atomic E-state index is 13.8. The molecule has 26 heavy (non-hydrogen) atoms. The van der Waals surface area contributed by atoms with Crippen LogP contribution in [0, 0.1) is 5.82 Å². The number of thiazole rings is 1. The first-order chi connectivity index (χ1) is 12.7. The van der Waals surface area contributed by atoms with Crippen molar-refractivity contribution >= 4 is 32.6 Å². The standard InChI is InChI=1S/C18H13FN4O2S/c1-25-14-7-4-8-15-16(14)20-18(26-15)21-17(24)12-9-10-23(22-12)13-6-3-2-5-11(13)19/h2-10H,1H3,(H,20,21,24). The Kier molecular flexibility index (Phi) is 4.10. The lowest BCUT2D eigenvalue weighted by Crippen LogP contribution is -2.13. The number of anilines is 1. The van der Waals surface area contributed by atoms with Crippen LogP contribution in [0.3, 0.4) is 0 Å². The first kappa shape index (κ1) is 16.2. The normalized spacial score (nSPS) is 10.8. The number of para-hydroxylation sites is 2.